The Bertz CT molecular complexity index is 500. The van der Waals surface area contributed by atoms with Crippen LogP contribution in [0, 0.1) is 0 Å². The Kier molecular flexibility index (Phi) is 4.58. The minimum atomic E-state index is 0.133. The molecule has 0 aliphatic rings. The van der Waals surface area contributed by atoms with Crippen molar-refractivity contribution in [1.82, 2.24) is 0 Å². The molecule has 0 aromatic heterocycles. The summed E-state index contributed by atoms with van der Waals surface area (Å²) in [5.41, 5.74) is 3.44. The van der Waals surface area contributed by atoms with E-state index in [0.29, 0.717) is 5.75 Å². The molecule has 0 bridgehead atoms. The molecule has 100 valence electrons. The molecule has 2 heteroatoms. The van der Waals surface area contributed by atoms with Crippen LogP contribution in [0.2, 0.25) is 0 Å². The zero-order chi connectivity index (χ0) is 13.7. The lowest BCUT2D eigenvalue weighted by molar-refractivity contribution is 0.0663. The number of hydrogen-bond acceptors (Lipinski definition) is 2. The lowest BCUT2D eigenvalue weighted by atomic mass is 10.0. The highest BCUT2D eigenvalue weighted by molar-refractivity contribution is 5.64. The van der Waals surface area contributed by atoms with Crippen LogP contribution in [-0.4, -0.2) is 11.7 Å². The molecule has 2 rings (SSSR count). The molecule has 0 saturated heterocycles. The SMILES string of the molecule is CCCOC(C)c1ccc(-c2ccc(O)cc2)cc1. The number of hydrogen-bond donors (Lipinski definition) is 1. The summed E-state index contributed by atoms with van der Waals surface area (Å²) in [7, 11) is 0. The fraction of sp³-hybridized carbons (Fsp3) is 0.294. The molecular weight excluding hydrogens is 236 g/mol. The molecule has 2 aromatic rings. The quantitative estimate of drug-likeness (QED) is 0.850. The van der Waals surface area contributed by atoms with E-state index < -0.39 is 0 Å². The summed E-state index contributed by atoms with van der Waals surface area (Å²) in [6.45, 7) is 4.98. The number of ether oxygens (including phenoxy) is 1. The van der Waals surface area contributed by atoms with E-state index in [4.69, 9.17) is 4.74 Å². The molecule has 0 aliphatic heterocycles. The van der Waals surface area contributed by atoms with Gasteiger partial charge in [-0.25, -0.2) is 0 Å². The van der Waals surface area contributed by atoms with Crippen LogP contribution in [0.15, 0.2) is 48.5 Å². The molecule has 1 unspecified atom stereocenters. The standard InChI is InChI=1S/C17H20O2/c1-3-12-19-13(2)14-4-6-15(7-5-14)16-8-10-17(18)11-9-16/h4-11,13,18H,3,12H2,1-2H3. The van der Waals surface area contributed by atoms with Crippen LogP contribution in [0.5, 0.6) is 5.75 Å². The second-order valence-corrected chi connectivity index (χ2v) is 4.68. The maximum atomic E-state index is 9.29. The van der Waals surface area contributed by atoms with Crippen molar-refractivity contribution >= 4 is 0 Å². The summed E-state index contributed by atoms with van der Waals surface area (Å²) in [4.78, 5) is 0. The van der Waals surface area contributed by atoms with Crippen LogP contribution in [0.4, 0.5) is 0 Å². The van der Waals surface area contributed by atoms with Crippen LogP contribution in [0.1, 0.15) is 31.9 Å². The summed E-state index contributed by atoms with van der Waals surface area (Å²) in [6, 6.07) is 15.6. The summed E-state index contributed by atoms with van der Waals surface area (Å²) in [5, 5.41) is 9.29. The van der Waals surface area contributed by atoms with Gasteiger partial charge in [-0.2, -0.15) is 0 Å². The molecule has 0 fully saturated rings. The van der Waals surface area contributed by atoms with Crippen LogP contribution < -0.4 is 0 Å². The third kappa shape index (κ3) is 3.58. The Morgan fingerprint density at radius 3 is 2.00 bits per heavy atom. The Morgan fingerprint density at radius 2 is 1.47 bits per heavy atom. The van der Waals surface area contributed by atoms with Crippen LogP contribution in [0.3, 0.4) is 0 Å². The maximum Gasteiger partial charge on any atom is 0.115 e. The number of rotatable bonds is 5. The zero-order valence-corrected chi connectivity index (χ0v) is 11.5. The Morgan fingerprint density at radius 1 is 0.947 bits per heavy atom. The number of benzene rings is 2. The predicted molar refractivity (Wildman–Crippen MR) is 78.2 cm³/mol. The summed E-state index contributed by atoms with van der Waals surface area (Å²) in [6.07, 6.45) is 1.17. The van der Waals surface area contributed by atoms with Crippen LogP contribution in [-0.2, 0) is 4.74 Å². The lowest BCUT2D eigenvalue weighted by Crippen LogP contribution is -2.00. The van der Waals surface area contributed by atoms with E-state index in [1.807, 2.05) is 12.1 Å². The molecular formula is C17H20O2. The van der Waals surface area contributed by atoms with E-state index in [2.05, 4.69) is 38.1 Å². The average molecular weight is 256 g/mol. The van der Waals surface area contributed by atoms with Gasteiger partial charge in [0.1, 0.15) is 5.75 Å². The molecule has 0 amide bonds. The normalized spacial score (nSPS) is 12.3. The summed E-state index contributed by atoms with van der Waals surface area (Å²) in [5.74, 6) is 0.293. The minimum Gasteiger partial charge on any atom is -0.508 e. The largest absolute Gasteiger partial charge is 0.508 e. The second kappa shape index (κ2) is 6.39. The first-order valence-electron chi connectivity index (χ1n) is 6.71. The van der Waals surface area contributed by atoms with Gasteiger partial charge in [0.2, 0.25) is 0 Å². The van der Waals surface area contributed by atoms with Crippen molar-refractivity contribution in [2.45, 2.75) is 26.4 Å². The zero-order valence-electron chi connectivity index (χ0n) is 11.5. The van der Waals surface area contributed by atoms with Crippen LogP contribution >= 0.6 is 0 Å². The maximum absolute atomic E-state index is 9.29. The first-order valence-corrected chi connectivity index (χ1v) is 6.71. The van der Waals surface area contributed by atoms with Crippen molar-refractivity contribution < 1.29 is 9.84 Å². The number of phenolic OH excluding ortho intramolecular Hbond substituents is 1. The topological polar surface area (TPSA) is 29.5 Å². The molecule has 19 heavy (non-hydrogen) atoms. The van der Waals surface area contributed by atoms with Gasteiger partial charge < -0.3 is 9.84 Å². The highest BCUT2D eigenvalue weighted by atomic mass is 16.5. The van der Waals surface area contributed by atoms with Crippen molar-refractivity contribution in [3.8, 4) is 16.9 Å². The Hall–Kier alpha value is -1.80. The van der Waals surface area contributed by atoms with E-state index in [1.54, 1.807) is 12.1 Å². The van der Waals surface area contributed by atoms with Gasteiger partial charge in [-0.05, 0) is 42.2 Å². The highest BCUT2D eigenvalue weighted by Gasteiger charge is 2.05. The van der Waals surface area contributed by atoms with Gasteiger partial charge in [0.15, 0.2) is 0 Å². The third-order valence-electron chi connectivity index (χ3n) is 3.15. The Labute approximate surface area is 114 Å². The van der Waals surface area contributed by atoms with Gasteiger partial charge in [-0.3, -0.25) is 0 Å². The number of phenols is 1. The molecule has 0 heterocycles. The minimum absolute atomic E-state index is 0.133. The molecule has 2 nitrogen and oxygen atoms in total. The van der Waals surface area contributed by atoms with Crippen molar-refractivity contribution in [2.75, 3.05) is 6.61 Å². The first kappa shape index (κ1) is 13.6. The Balaban J connectivity index is 2.11. The van der Waals surface area contributed by atoms with E-state index in [-0.39, 0.29) is 6.10 Å². The van der Waals surface area contributed by atoms with E-state index in [9.17, 15) is 5.11 Å². The van der Waals surface area contributed by atoms with Crippen molar-refractivity contribution in [1.29, 1.82) is 0 Å². The third-order valence-corrected chi connectivity index (χ3v) is 3.15. The van der Waals surface area contributed by atoms with Crippen molar-refractivity contribution in [2.24, 2.45) is 0 Å². The van der Waals surface area contributed by atoms with Gasteiger partial charge >= 0.3 is 0 Å². The monoisotopic (exact) mass is 256 g/mol. The van der Waals surface area contributed by atoms with Crippen molar-refractivity contribution in [3.63, 3.8) is 0 Å². The van der Waals surface area contributed by atoms with Gasteiger partial charge in [-0.15, -0.1) is 0 Å². The summed E-state index contributed by atoms with van der Waals surface area (Å²) < 4.78 is 5.71. The molecule has 2 aromatic carbocycles. The van der Waals surface area contributed by atoms with Crippen LogP contribution in [0.25, 0.3) is 11.1 Å². The first-order chi connectivity index (χ1) is 9.20. The van der Waals surface area contributed by atoms with E-state index in [1.165, 1.54) is 5.56 Å². The fourth-order valence-electron chi connectivity index (χ4n) is 1.99. The second-order valence-electron chi connectivity index (χ2n) is 4.68. The van der Waals surface area contributed by atoms with Crippen molar-refractivity contribution in [3.05, 3.63) is 54.1 Å². The van der Waals surface area contributed by atoms with E-state index in [0.717, 1.165) is 24.2 Å². The van der Waals surface area contributed by atoms with Gasteiger partial charge in [0, 0.05) is 6.61 Å². The van der Waals surface area contributed by atoms with Gasteiger partial charge in [-0.1, -0.05) is 43.3 Å². The molecule has 0 radical (unpaired) electrons. The average Bonchev–Trinajstić information content (AvgIpc) is 2.46. The molecule has 0 spiro atoms. The van der Waals surface area contributed by atoms with Gasteiger partial charge in [0.25, 0.3) is 0 Å². The van der Waals surface area contributed by atoms with E-state index >= 15 is 0 Å². The predicted octanol–water partition coefficient (Wildman–Crippen LogP) is 4.55. The highest BCUT2D eigenvalue weighted by Crippen LogP contribution is 2.24. The smallest absolute Gasteiger partial charge is 0.115 e. The molecule has 0 aliphatic carbocycles. The molecule has 0 saturated carbocycles. The summed E-state index contributed by atoms with van der Waals surface area (Å²) >= 11 is 0. The molecule has 1 N–H and O–H groups in total. The van der Waals surface area contributed by atoms with Gasteiger partial charge in [0.05, 0.1) is 6.10 Å². The molecule has 1 atom stereocenters. The fourth-order valence-corrected chi connectivity index (χ4v) is 1.99. The lowest BCUT2D eigenvalue weighted by Gasteiger charge is -2.13. The number of aromatic hydroxyl groups is 1.